The summed E-state index contributed by atoms with van der Waals surface area (Å²) in [4.78, 5) is 17.7. The van der Waals surface area contributed by atoms with Crippen molar-refractivity contribution in [2.45, 2.75) is 19.6 Å². The van der Waals surface area contributed by atoms with Gasteiger partial charge in [-0.05, 0) is 23.6 Å². The lowest BCUT2D eigenvalue weighted by Gasteiger charge is -2.10. The van der Waals surface area contributed by atoms with Crippen LogP contribution in [-0.4, -0.2) is 43.6 Å². The Labute approximate surface area is 189 Å². The maximum Gasteiger partial charge on any atom is 0.283 e. The topological polar surface area (TPSA) is 96.4 Å². The highest BCUT2D eigenvalue weighted by molar-refractivity contribution is 5.83. The minimum Gasteiger partial charge on any atom is -0.496 e. The third kappa shape index (κ3) is 3.72. The number of aryl methyl sites for hydroxylation is 2. The predicted octanol–water partition coefficient (Wildman–Crippen LogP) is 2.90. The van der Waals surface area contributed by atoms with Crippen molar-refractivity contribution >= 4 is 16.8 Å². The SMILES string of the molecule is COCc1nn2c(nnc3c(=O)n(CCc4ccccc4OC)cnc32)c1-c1ccccc1. The molecule has 0 aliphatic rings. The smallest absolute Gasteiger partial charge is 0.283 e. The van der Waals surface area contributed by atoms with Crippen LogP contribution in [0.2, 0.25) is 0 Å². The van der Waals surface area contributed by atoms with Gasteiger partial charge in [0.25, 0.3) is 5.56 Å². The molecule has 0 aliphatic heterocycles. The van der Waals surface area contributed by atoms with Gasteiger partial charge in [-0.2, -0.15) is 9.61 Å². The number of ether oxygens (including phenoxy) is 2. The summed E-state index contributed by atoms with van der Waals surface area (Å²) in [6, 6.07) is 17.5. The van der Waals surface area contributed by atoms with Gasteiger partial charge in [0, 0.05) is 13.7 Å². The lowest BCUT2D eigenvalue weighted by Crippen LogP contribution is -2.24. The van der Waals surface area contributed by atoms with Gasteiger partial charge >= 0.3 is 0 Å². The Hall–Kier alpha value is -4.11. The van der Waals surface area contributed by atoms with Gasteiger partial charge in [-0.15, -0.1) is 10.2 Å². The Kier molecular flexibility index (Phi) is 5.54. The van der Waals surface area contributed by atoms with Crippen molar-refractivity contribution in [3.05, 3.63) is 82.5 Å². The first-order valence-corrected chi connectivity index (χ1v) is 10.5. The molecule has 5 aromatic rings. The van der Waals surface area contributed by atoms with Crippen molar-refractivity contribution in [3.8, 4) is 16.9 Å². The summed E-state index contributed by atoms with van der Waals surface area (Å²) in [6.45, 7) is 0.732. The first kappa shape index (κ1) is 20.8. The summed E-state index contributed by atoms with van der Waals surface area (Å²) in [7, 11) is 3.25. The molecule has 3 heterocycles. The van der Waals surface area contributed by atoms with Crippen molar-refractivity contribution in [1.82, 2.24) is 29.4 Å². The molecule has 166 valence electrons. The quantitative estimate of drug-likeness (QED) is 0.382. The van der Waals surface area contributed by atoms with E-state index in [0.29, 0.717) is 36.6 Å². The minimum atomic E-state index is -0.269. The van der Waals surface area contributed by atoms with Crippen molar-refractivity contribution in [2.24, 2.45) is 0 Å². The van der Waals surface area contributed by atoms with E-state index in [1.165, 1.54) is 10.9 Å². The standard InChI is InChI=1S/C24H22N6O3/c1-32-14-18-20(17-9-4-3-5-10-17)22-27-26-21-23(30(22)28-18)25-15-29(24(21)31)13-12-16-8-6-7-11-19(16)33-2/h3-11,15H,12-14H2,1-2H3. The molecule has 0 unspecified atom stereocenters. The predicted molar refractivity (Wildman–Crippen MR) is 123 cm³/mol. The van der Waals surface area contributed by atoms with E-state index < -0.39 is 0 Å². The molecule has 0 atom stereocenters. The van der Waals surface area contributed by atoms with Crippen LogP contribution < -0.4 is 10.3 Å². The van der Waals surface area contributed by atoms with Crippen molar-refractivity contribution in [1.29, 1.82) is 0 Å². The average Bonchev–Trinajstić information content (AvgIpc) is 3.23. The largest absolute Gasteiger partial charge is 0.496 e. The molecule has 3 aromatic heterocycles. The normalized spacial score (nSPS) is 11.3. The number of para-hydroxylation sites is 1. The van der Waals surface area contributed by atoms with Crippen LogP contribution >= 0.6 is 0 Å². The molecule has 0 radical (unpaired) electrons. The van der Waals surface area contributed by atoms with Gasteiger partial charge < -0.3 is 9.47 Å². The molecular weight excluding hydrogens is 420 g/mol. The maximum atomic E-state index is 13.2. The molecule has 0 saturated carbocycles. The molecule has 0 saturated heterocycles. The van der Waals surface area contributed by atoms with E-state index in [1.807, 2.05) is 54.6 Å². The Morgan fingerprint density at radius 2 is 1.73 bits per heavy atom. The maximum absolute atomic E-state index is 13.2. The molecule has 0 aliphatic carbocycles. The van der Waals surface area contributed by atoms with Crippen LogP contribution in [0.3, 0.4) is 0 Å². The fourth-order valence-corrected chi connectivity index (χ4v) is 3.95. The highest BCUT2D eigenvalue weighted by Crippen LogP contribution is 2.28. The fraction of sp³-hybridized carbons (Fsp3) is 0.208. The van der Waals surface area contributed by atoms with E-state index in [1.54, 1.807) is 18.7 Å². The van der Waals surface area contributed by atoms with Gasteiger partial charge in [0.2, 0.25) is 0 Å². The van der Waals surface area contributed by atoms with Crippen LogP contribution in [0.5, 0.6) is 5.75 Å². The van der Waals surface area contributed by atoms with E-state index in [0.717, 1.165) is 22.4 Å². The van der Waals surface area contributed by atoms with Crippen LogP contribution in [0.15, 0.2) is 65.7 Å². The van der Waals surface area contributed by atoms with E-state index in [9.17, 15) is 4.79 Å². The highest BCUT2D eigenvalue weighted by Gasteiger charge is 2.20. The summed E-state index contributed by atoms with van der Waals surface area (Å²) in [5.41, 5.74) is 4.25. The van der Waals surface area contributed by atoms with Gasteiger partial charge in [0.15, 0.2) is 16.8 Å². The second-order valence-corrected chi connectivity index (χ2v) is 7.53. The molecule has 0 N–H and O–H groups in total. The third-order valence-corrected chi connectivity index (χ3v) is 5.53. The Morgan fingerprint density at radius 1 is 0.939 bits per heavy atom. The number of hydrogen-bond acceptors (Lipinski definition) is 7. The Morgan fingerprint density at radius 3 is 2.52 bits per heavy atom. The molecule has 33 heavy (non-hydrogen) atoms. The summed E-state index contributed by atoms with van der Waals surface area (Å²) in [6.07, 6.45) is 2.14. The first-order valence-electron chi connectivity index (χ1n) is 10.5. The lowest BCUT2D eigenvalue weighted by molar-refractivity contribution is 0.181. The van der Waals surface area contributed by atoms with Gasteiger partial charge in [0.1, 0.15) is 12.1 Å². The van der Waals surface area contributed by atoms with E-state index in [2.05, 4.69) is 20.3 Å². The van der Waals surface area contributed by atoms with E-state index in [-0.39, 0.29) is 11.1 Å². The van der Waals surface area contributed by atoms with Gasteiger partial charge in [-0.1, -0.05) is 48.5 Å². The van der Waals surface area contributed by atoms with Crippen molar-refractivity contribution < 1.29 is 9.47 Å². The monoisotopic (exact) mass is 442 g/mol. The molecule has 2 aromatic carbocycles. The van der Waals surface area contributed by atoms with Crippen molar-refractivity contribution in [3.63, 3.8) is 0 Å². The Balaban J connectivity index is 1.59. The zero-order valence-corrected chi connectivity index (χ0v) is 18.3. The van der Waals surface area contributed by atoms with Crippen LogP contribution in [0.25, 0.3) is 27.9 Å². The number of hydrogen-bond donors (Lipinski definition) is 0. The van der Waals surface area contributed by atoms with Gasteiger partial charge in [0.05, 0.1) is 25.0 Å². The third-order valence-electron chi connectivity index (χ3n) is 5.53. The Bertz CT molecular complexity index is 1490. The molecular formula is C24H22N6O3. The summed E-state index contributed by atoms with van der Waals surface area (Å²) in [5.74, 6) is 0.788. The average molecular weight is 442 g/mol. The van der Waals surface area contributed by atoms with E-state index in [4.69, 9.17) is 9.47 Å². The second kappa shape index (κ2) is 8.79. The molecule has 9 nitrogen and oxygen atoms in total. The number of nitrogens with zero attached hydrogens (tertiary/aromatic N) is 6. The first-order chi connectivity index (χ1) is 16.2. The summed E-state index contributed by atoms with van der Waals surface area (Å²) in [5, 5.41) is 13.3. The van der Waals surface area contributed by atoms with Crippen LogP contribution in [0.1, 0.15) is 11.3 Å². The molecule has 9 heteroatoms. The molecule has 5 rings (SSSR count). The molecule has 0 amide bonds. The zero-order chi connectivity index (χ0) is 22.8. The number of methoxy groups -OCH3 is 2. The number of fused-ring (bicyclic) bond motifs is 3. The fourth-order valence-electron chi connectivity index (χ4n) is 3.95. The van der Waals surface area contributed by atoms with E-state index >= 15 is 0 Å². The van der Waals surface area contributed by atoms with Crippen molar-refractivity contribution in [2.75, 3.05) is 14.2 Å². The second-order valence-electron chi connectivity index (χ2n) is 7.53. The van der Waals surface area contributed by atoms with Crippen LogP contribution in [0, 0.1) is 0 Å². The number of rotatable bonds is 7. The van der Waals surface area contributed by atoms with Crippen LogP contribution in [0.4, 0.5) is 0 Å². The zero-order valence-electron chi connectivity index (χ0n) is 18.3. The van der Waals surface area contributed by atoms with Gasteiger partial charge in [-0.3, -0.25) is 9.36 Å². The highest BCUT2D eigenvalue weighted by atomic mass is 16.5. The lowest BCUT2D eigenvalue weighted by atomic mass is 10.1. The van der Waals surface area contributed by atoms with Gasteiger partial charge in [-0.25, -0.2) is 4.98 Å². The molecule has 0 bridgehead atoms. The number of aromatic nitrogens is 6. The molecule has 0 spiro atoms. The summed E-state index contributed by atoms with van der Waals surface area (Å²) >= 11 is 0. The minimum absolute atomic E-state index is 0.163. The number of benzene rings is 2. The summed E-state index contributed by atoms with van der Waals surface area (Å²) < 4.78 is 13.9. The molecule has 0 fully saturated rings. The van der Waals surface area contributed by atoms with Crippen LogP contribution in [-0.2, 0) is 24.3 Å².